The van der Waals surface area contributed by atoms with E-state index in [9.17, 15) is 10.1 Å². The van der Waals surface area contributed by atoms with Crippen molar-refractivity contribution in [2.75, 3.05) is 5.32 Å². The lowest BCUT2D eigenvalue weighted by Gasteiger charge is -2.28. The molecule has 1 aromatic rings. The summed E-state index contributed by atoms with van der Waals surface area (Å²) in [6, 6.07) is 3.61. The molecule has 0 amide bonds. The molecule has 2 saturated carbocycles. The van der Waals surface area contributed by atoms with Crippen LogP contribution in [0.2, 0.25) is 0 Å². The molecule has 5 nitrogen and oxygen atoms in total. The minimum atomic E-state index is -0.469. The fourth-order valence-electron chi connectivity index (χ4n) is 3.86. The van der Waals surface area contributed by atoms with Crippen molar-refractivity contribution in [3.05, 3.63) is 28.4 Å². The van der Waals surface area contributed by atoms with Crippen LogP contribution >= 0.6 is 0 Å². The molecule has 0 radical (unpaired) electrons. The second kappa shape index (κ2) is 4.79. The van der Waals surface area contributed by atoms with Crippen molar-refractivity contribution in [2.24, 2.45) is 17.8 Å². The maximum absolute atomic E-state index is 10.6. The van der Waals surface area contributed by atoms with Gasteiger partial charge in [-0.05, 0) is 59.9 Å². The van der Waals surface area contributed by atoms with E-state index in [1.807, 2.05) is 0 Å². The molecule has 2 aliphatic rings. The van der Waals surface area contributed by atoms with E-state index in [2.05, 4.69) is 17.2 Å². The molecule has 4 unspecified atom stereocenters. The third-order valence-corrected chi connectivity index (χ3v) is 4.76. The van der Waals surface area contributed by atoms with Crippen LogP contribution in [0.15, 0.2) is 18.3 Å². The second-order valence-corrected chi connectivity index (χ2v) is 5.93. The number of nitrogens with one attached hydrogen (secondary N) is 1. The van der Waals surface area contributed by atoms with E-state index in [4.69, 9.17) is 0 Å². The molecule has 5 heteroatoms. The SMILES string of the molecule is CC(Nc1ccc([N+](=O)[O-])nc1)C1CC2CCC1C2. The highest BCUT2D eigenvalue weighted by Crippen LogP contribution is 2.49. The molecule has 3 rings (SSSR count). The number of pyridine rings is 1. The van der Waals surface area contributed by atoms with E-state index in [-0.39, 0.29) is 5.82 Å². The Kier molecular flexibility index (Phi) is 3.12. The molecule has 19 heavy (non-hydrogen) atoms. The number of anilines is 1. The molecule has 2 aliphatic carbocycles. The van der Waals surface area contributed by atoms with Crippen molar-refractivity contribution in [2.45, 2.75) is 38.6 Å². The predicted octanol–water partition coefficient (Wildman–Crippen LogP) is 3.23. The summed E-state index contributed by atoms with van der Waals surface area (Å²) in [5, 5.41) is 14.0. The van der Waals surface area contributed by atoms with Crippen LogP contribution in [-0.4, -0.2) is 15.9 Å². The first-order chi connectivity index (χ1) is 9.13. The van der Waals surface area contributed by atoms with Gasteiger partial charge in [-0.3, -0.25) is 0 Å². The smallest absolute Gasteiger partial charge is 0.363 e. The van der Waals surface area contributed by atoms with Crippen LogP contribution in [-0.2, 0) is 0 Å². The number of nitrogens with zero attached hydrogens (tertiary/aromatic N) is 2. The van der Waals surface area contributed by atoms with Crippen molar-refractivity contribution < 1.29 is 4.92 Å². The Balaban J connectivity index is 1.63. The molecule has 1 heterocycles. The number of rotatable bonds is 4. The molecule has 2 fully saturated rings. The minimum absolute atomic E-state index is 0.0990. The van der Waals surface area contributed by atoms with Gasteiger partial charge in [0.2, 0.25) is 0 Å². The van der Waals surface area contributed by atoms with Crippen LogP contribution in [0.5, 0.6) is 0 Å². The normalized spacial score (nSPS) is 30.3. The van der Waals surface area contributed by atoms with Gasteiger partial charge in [0.15, 0.2) is 6.20 Å². The Hall–Kier alpha value is -1.65. The van der Waals surface area contributed by atoms with E-state index in [0.29, 0.717) is 6.04 Å². The van der Waals surface area contributed by atoms with Crippen LogP contribution in [0.1, 0.15) is 32.6 Å². The Morgan fingerprint density at radius 1 is 1.42 bits per heavy atom. The highest BCUT2D eigenvalue weighted by molar-refractivity contribution is 5.44. The van der Waals surface area contributed by atoms with Crippen LogP contribution in [0, 0.1) is 27.9 Å². The second-order valence-electron chi connectivity index (χ2n) is 5.93. The van der Waals surface area contributed by atoms with Gasteiger partial charge in [-0.1, -0.05) is 6.42 Å². The van der Waals surface area contributed by atoms with Gasteiger partial charge in [0.25, 0.3) is 0 Å². The zero-order chi connectivity index (χ0) is 13.4. The first kappa shape index (κ1) is 12.4. The first-order valence-electron chi connectivity index (χ1n) is 7.00. The maximum atomic E-state index is 10.6. The third kappa shape index (κ3) is 2.41. The van der Waals surface area contributed by atoms with Gasteiger partial charge >= 0.3 is 5.82 Å². The molecular weight excluding hydrogens is 242 g/mol. The average molecular weight is 261 g/mol. The molecule has 0 aliphatic heterocycles. The molecule has 0 aromatic carbocycles. The van der Waals surface area contributed by atoms with Crippen molar-refractivity contribution in [3.8, 4) is 0 Å². The summed E-state index contributed by atoms with van der Waals surface area (Å²) in [5.74, 6) is 2.46. The first-order valence-corrected chi connectivity index (χ1v) is 7.00. The monoisotopic (exact) mass is 261 g/mol. The lowest BCUT2D eigenvalue weighted by molar-refractivity contribution is -0.389. The topological polar surface area (TPSA) is 68.1 Å². The summed E-state index contributed by atoms with van der Waals surface area (Å²) in [7, 11) is 0. The lowest BCUT2D eigenvalue weighted by Crippen LogP contribution is -2.29. The minimum Gasteiger partial charge on any atom is -0.379 e. The van der Waals surface area contributed by atoms with Gasteiger partial charge in [0, 0.05) is 12.1 Å². The lowest BCUT2D eigenvalue weighted by atomic mass is 9.84. The molecule has 1 N–H and O–H groups in total. The van der Waals surface area contributed by atoms with Gasteiger partial charge in [0.05, 0.1) is 5.69 Å². The van der Waals surface area contributed by atoms with Crippen molar-refractivity contribution >= 4 is 11.5 Å². The third-order valence-electron chi connectivity index (χ3n) is 4.76. The molecule has 0 saturated heterocycles. The van der Waals surface area contributed by atoms with Crippen molar-refractivity contribution in [1.29, 1.82) is 0 Å². The average Bonchev–Trinajstić information content (AvgIpc) is 3.01. The van der Waals surface area contributed by atoms with Crippen molar-refractivity contribution in [3.63, 3.8) is 0 Å². The number of fused-ring (bicyclic) bond motifs is 2. The van der Waals surface area contributed by atoms with Gasteiger partial charge in [-0.25, -0.2) is 0 Å². The summed E-state index contributed by atoms with van der Waals surface area (Å²) in [6.45, 7) is 2.22. The fraction of sp³-hybridized carbons (Fsp3) is 0.643. The van der Waals surface area contributed by atoms with Gasteiger partial charge in [-0.15, -0.1) is 0 Å². The largest absolute Gasteiger partial charge is 0.379 e. The van der Waals surface area contributed by atoms with E-state index in [1.54, 1.807) is 12.3 Å². The van der Waals surface area contributed by atoms with Gasteiger partial charge in [-0.2, -0.15) is 0 Å². The van der Waals surface area contributed by atoms with Crippen molar-refractivity contribution in [1.82, 2.24) is 4.98 Å². The Morgan fingerprint density at radius 3 is 2.79 bits per heavy atom. The summed E-state index contributed by atoms with van der Waals surface area (Å²) in [6.07, 6.45) is 7.07. The number of aromatic nitrogens is 1. The molecule has 2 bridgehead atoms. The van der Waals surface area contributed by atoms with E-state index in [1.165, 1.54) is 31.7 Å². The molecule has 0 spiro atoms. The molecular formula is C14H19N3O2. The fourth-order valence-corrected chi connectivity index (χ4v) is 3.86. The number of nitro groups is 1. The van der Waals surface area contributed by atoms with Crippen LogP contribution in [0.25, 0.3) is 0 Å². The van der Waals surface area contributed by atoms with E-state index >= 15 is 0 Å². The van der Waals surface area contributed by atoms with Crippen LogP contribution in [0.4, 0.5) is 11.5 Å². The Labute approximate surface area is 112 Å². The predicted molar refractivity (Wildman–Crippen MR) is 72.9 cm³/mol. The summed E-state index contributed by atoms with van der Waals surface area (Å²) in [5.41, 5.74) is 0.876. The van der Waals surface area contributed by atoms with Crippen LogP contribution in [0.3, 0.4) is 0 Å². The quantitative estimate of drug-likeness (QED) is 0.667. The molecule has 1 aromatic heterocycles. The van der Waals surface area contributed by atoms with Crippen LogP contribution < -0.4 is 5.32 Å². The maximum Gasteiger partial charge on any atom is 0.363 e. The highest BCUT2D eigenvalue weighted by atomic mass is 16.6. The number of hydrogen-bond donors (Lipinski definition) is 1. The highest BCUT2D eigenvalue weighted by Gasteiger charge is 2.41. The van der Waals surface area contributed by atoms with E-state index in [0.717, 1.165) is 23.4 Å². The molecule has 102 valence electrons. The Morgan fingerprint density at radius 2 is 2.26 bits per heavy atom. The van der Waals surface area contributed by atoms with Gasteiger partial charge < -0.3 is 15.4 Å². The van der Waals surface area contributed by atoms with E-state index < -0.39 is 4.92 Å². The molecule has 4 atom stereocenters. The summed E-state index contributed by atoms with van der Waals surface area (Å²) in [4.78, 5) is 13.9. The van der Waals surface area contributed by atoms with Gasteiger partial charge in [0.1, 0.15) is 0 Å². The zero-order valence-electron chi connectivity index (χ0n) is 11.1. The standard InChI is InChI=1S/C14H19N3O2/c1-9(13-7-10-2-3-11(13)6-10)16-12-4-5-14(15-8-12)17(18)19/h4-5,8-11,13,16H,2-3,6-7H2,1H3. The zero-order valence-corrected chi connectivity index (χ0v) is 11.1. The number of hydrogen-bond acceptors (Lipinski definition) is 4. The summed E-state index contributed by atoms with van der Waals surface area (Å²) >= 11 is 0. The Bertz CT molecular complexity index is 474. The summed E-state index contributed by atoms with van der Waals surface area (Å²) < 4.78 is 0.